The molecule has 0 aromatic carbocycles. The highest BCUT2D eigenvalue weighted by Crippen LogP contribution is 2.65. The van der Waals surface area contributed by atoms with Crippen LogP contribution in [-0.2, 0) is 14.4 Å². The van der Waals surface area contributed by atoms with Gasteiger partial charge in [-0.25, -0.2) is 13.6 Å². The third-order valence-corrected chi connectivity index (χ3v) is 9.84. The molecule has 2 aliphatic carbocycles. The number of hydrogen-bond donors (Lipinski definition) is 3. The quantitative estimate of drug-likeness (QED) is 0.455. The van der Waals surface area contributed by atoms with E-state index in [-0.39, 0.29) is 47.6 Å². The Morgan fingerprint density at radius 1 is 1.18 bits per heavy atom. The van der Waals surface area contributed by atoms with Crippen molar-refractivity contribution in [2.45, 2.75) is 96.3 Å². The number of piperidine rings is 1. The van der Waals surface area contributed by atoms with Crippen molar-refractivity contribution < 1.29 is 28.0 Å². The smallest absolute Gasteiger partial charge is 0.318 e. The van der Waals surface area contributed by atoms with Crippen molar-refractivity contribution in [3.8, 4) is 6.07 Å². The van der Waals surface area contributed by atoms with Crippen LogP contribution in [0.5, 0.6) is 0 Å². The van der Waals surface area contributed by atoms with E-state index < -0.39 is 60.3 Å². The Morgan fingerprint density at radius 3 is 2.38 bits per heavy atom. The van der Waals surface area contributed by atoms with Gasteiger partial charge in [0.1, 0.15) is 18.1 Å². The molecular formula is C28H40F2N6O4. The highest BCUT2D eigenvalue weighted by atomic mass is 19.3. The summed E-state index contributed by atoms with van der Waals surface area (Å²) in [5.74, 6) is -4.33. The number of fused-ring (bicyclic) bond motifs is 1. The Hall–Kier alpha value is -2.97. The average Bonchev–Trinajstić information content (AvgIpc) is 3.45. The minimum atomic E-state index is -2.96. The fourth-order valence-electron chi connectivity index (χ4n) is 7.09. The van der Waals surface area contributed by atoms with Crippen LogP contribution < -0.4 is 16.0 Å². The molecule has 5 aliphatic rings. The fourth-order valence-corrected chi connectivity index (χ4v) is 7.09. The van der Waals surface area contributed by atoms with Gasteiger partial charge in [-0.3, -0.25) is 14.4 Å². The monoisotopic (exact) mass is 562 g/mol. The standard InChI is InChI=1S/C28H40F2N6O4/c1-25(2,3)20(33-24(40)35-9-8-28(29,30)14-35)23(39)36-13-17-18(26(17,4)5)19(36)22(38)32-16(12-31)10-15-11-27(6-7-27)34-21(15)37/h15-20H,6-11,13-14H2,1-5H3,(H,32,38)(H,33,40)(H,34,37)/t15-,16+,17+,18+,19+,20-/m1/s1. The number of nitriles is 1. The maximum Gasteiger partial charge on any atom is 0.318 e. The lowest BCUT2D eigenvalue weighted by atomic mass is 9.85. The van der Waals surface area contributed by atoms with Crippen LogP contribution in [0.2, 0.25) is 0 Å². The van der Waals surface area contributed by atoms with Crippen molar-refractivity contribution in [3.63, 3.8) is 0 Å². The third-order valence-electron chi connectivity index (χ3n) is 9.84. The van der Waals surface area contributed by atoms with Crippen LogP contribution in [0.15, 0.2) is 0 Å². The number of nitrogens with zero attached hydrogens (tertiary/aromatic N) is 3. The minimum Gasteiger partial charge on any atom is -0.350 e. The average molecular weight is 563 g/mol. The summed E-state index contributed by atoms with van der Waals surface area (Å²) in [5.41, 5.74) is -1.07. The van der Waals surface area contributed by atoms with E-state index >= 15 is 0 Å². The Morgan fingerprint density at radius 2 is 1.85 bits per heavy atom. The zero-order valence-corrected chi connectivity index (χ0v) is 23.9. The van der Waals surface area contributed by atoms with E-state index in [1.807, 2.05) is 13.8 Å². The molecule has 10 nitrogen and oxygen atoms in total. The molecule has 0 aromatic rings. The summed E-state index contributed by atoms with van der Waals surface area (Å²) in [7, 11) is 0. The molecule has 12 heteroatoms. The summed E-state index contributed by atoms with van der Waals surface area (Å²) < 4.78 is 27.5. The largest absolute Gasteiger partial charge is 0.350 e. The molecule has 3 N–H and O–H groups in total. The van der Waals surface area contributed by atoms with Crippen LogP contribution in [0.1, 0.15) is 66.7 Å². The van der Waals surface area contributed by atoms with Gasteiger partial charge in [0.05, 0.1) is 12.6 Å². The minimum absolute atomic E-state index is 0.0802. The van der Waals surface area contributed by atoms with Gasteiger partial charge < -0.3 is 25.8 Å². The lowest BCUT2D eigenvalue weighted by molar-refractivity contribution is -0.144. The first-order valence-electron chi connectivity index (χ1n) is 14.2. The highest BCUT2D eigenvalue weighted by Gasteiger charge is 2.70. The van der Waals surface area contributed by atoms with Gasteiger partial charge in [0.25, 0.3) is 5.92 Å². The maximum atomic E-state index is 14.0. The summed E-state index contributed by atoms with van der Waals surface area (Å²) in [5, 5.41) is 18.3. The van der Waals surface area contributed by atoms with E-state index in [0.29, 0.717) is 13.0 Å². The molecule has 5 fully saturated rings. The van der Waals surface area contributed by atoms with Crippen molar-refractivity contribution in [2.75, 3.05) is 19.6 Å². The molecule has 6 atom stereocenters. The van der Waals surface area contributed by atoms with Gasteiger partial charge in [0.15, 0.2) is 0 Å². The molecule has 0 unspecified atom stereocenters. The number of carbonyl (C=O) groups is 4. The molecule has 3 heterocycles. The molecule has 0 aromatic heterocycles. The van der Waals surface area contributed by atoms with E-state index in [0.717, 1.165) is 17.7 Å². The number of amides is 5. The topological polar surface area (TPSA) is 135 Å². The van der Waals surface area contributed by atoms with Crippen LogP contribution in [0.25, 0.3) is 0 Å². The normalized spacial score (nSPS) is 32.1. The van der Waals surface area contributed by atoms with Crippen molar-refractivity contribution >= 4 is 23.8 Å². The molecule has 5 amide bonds. The predicted molar refractivity (Wildman–Crippen MR) is 140 cm³/mol. The van der Waals surface area contributed by atoms with Crippen molar-refractivity contribution in [3.05, 3.63) is 0 Å². The molecule has 2 saturated carbocycles. The van der Waals surface area contributed by atoms with Crippen molar-refractivity contribution in [1.29, 1.82) is 5.26 Å². The molecule has 3 saturated heterocycles. The highest BCUT2D eigenvalue weighted by molar-refractivity contribution is 5.94. The molecule has 5 rings (SSSR count). The van der Waals surface area contributed by atoms with Gasteiger partial charge >= 0.3 is 6.03 Å². The van der Waals surface area contributed by atoms with E-state index in [9.17, 15) is 33.2 Å². The van der Waals surface area contributed by atoms with Gasteiger partial charge in [0, 0.05) is 31.0 Å². The van der Waals surface area contributed by atoms with Gasteiger partial charge in [-0.05, 0) is 48.3 Å². The summed E-state index contributed by atoms with van der Waals surface area (Å²) >= 11 is 0. The number of rotatable bonds is 6. The zero-order chi connectivity index (χ0) is 29.4. The second-order valence-electron chi connectivity index (χ2n) is 14.3. The maximum absolute atomic E-state index is 14.0. The van der Waals surface area contributed by atoms with Crippen LogP contribution in [0.3, 0.4) is 0 Å². The molecular weight excluding hydrogens is 522 g/mol. The van der Waals surface area contributed by atoms with E-state index in [4.69, 9.17) is 0 Å². The Labute approximate surface area is 233 Å². The number of likely N-dealkylation sites (tertiary alicyclic amines) is 2. The number of halogens is 2. The second-order valence-corrected chi connectivity index (χ2v) is 14.3. The number of nitrogens with one attached hydrogen (secondary N) is 3. The molecule has 3 aliphatic heterocycles. The Balaban J connectivity index is 1.30. The second kappa shape index (κ2) is 9.28. The zero-order valence-electron chi connectivity index (χ0n) is 23.9. The summed E-state index contributed by atoms with van der Waals surface area (Å²) in [4.78, 5) is 55.5. The van der Waals surface area contributed by atoms with E-state index in [1.165, 1.54) is 4.90 Å². The first kappa shape index (κ1) is 28.6. The van der Waals surface area contributed by atoms with E-state index in [2.05, 4.69) is 22.0 Å². The number of urea groups is 1. The molecule has 220 valence electrons. The lowest BCUT2D eigenvalue weighted by Gasteiger charge is -2.38. The fraction of sp³-hybridized carbons (Fsp3) is 0.821. The van der Waals surface area contributed by atoms with Gasteiger partial charge in [-0.1, -0.05) is 34.6 Å². The van der Waals surface area contributed by atoms with Crippen molar-refractivity contribution in [1.82, 2.24) is 25.8 Å². The number of carbonyl (C=O) groups excluding carboxylic acids is 4. The van der Waals surface area contributed by atoms with Crippen LogP contribution in [0.4, 0.5) is 13.6 Å². The molecule has 1 spiro atoms. The number of hydrogen-bond acceptors (Lipinski definition) is 5. The lowest BCUT2D eigenvalue weighted by Crippen LogP contribution is -2.61. The molecule has 0 radical (unpaired) electrons. The van der Waals surface area contributed by atoms with E-state index in [1.54, 1.807) is 20.8 Å². The van der Waals surface area contributed by atoms with Gasteiger partial charge in [0.2, 0.25) is 17.7 Å². The van der Waals surface area contributed by atoms with Gasteiger partial charge in [-0.2, -0.15) is 5.26 Å². The predicted octanol–water partition coefficient (Wildman–Crippen LogP) is 2.00. The number of alkyl halides is 2. The first-order chi connectivity index (χ1) is 18.5. The summed E-state index contributed by atoms with van der Waals surface area (Å²) in [6.45, 7) is 8.92. The summed E-state index contributed by atoms with van der Waals surface area (Å²) in [6, 6.07) is -1.39. The van der Waals surface area contributed by atoms with Crippen molar-refractivity contribution in [2.24, 2.45) is 28.6 Å². The van der Waals surface area contributed by atoms with Crippen LogP contribution in [0, 0.1) is 39.9 Å². The van der Waals surface area contributed by atoms with Crippen LogP contribution in [-0.4, -0.2) is 82.8 Å². The molecule has 0 bridgehead atoms. The van der Waals surface area contributed by atoms with Gasteiger partial charge in [-0.15, -0.1) is 0 Å². The van der Waals surface area contributed by atoms with Crippen LogP contribution >= 0.6 is 0 Å². The Bertz CT molecular complexity index is 1160. The summed E-state index contributed by atoms with van der Waals surface area (Å²) in [6.07, 6.45) is 2.30. The Kier molecular flexibility index (Phi) is 6.62. The first-order valence-corrected chi connectivity index (χ1v) is 14.2. The molecule has 40 heavy (non-hydrogen) atoms. The third kappa shape index (κ3) is 5.12. The SMILES string of the molecule is CC(C)(C)[C@H](NC(=O)N1CCC(F)(F)C1)C(=O)N1C[C@H]2[C@@H]([C@H]1C(=O)N[C@H](C#N)C[C@@H]1CC3(CC3)NC1=O)C2(C)C.